The average molecular weight is 466 g/mol. The normalized spacial score (nSPS) is 17.0. The molecule has 0 saturated carbocycles. The standard InChI is InChI=1S/C22H30N2O9/c1-8-31-19(27)23-24(20(28)32-9-2)22(18(26)33-21(3,4)5)12-13-10-15(29-6)16(30-7)11-14(13)17(22)25/h10-11H,8-9,12H2,1-7H3,(H,23,27)/t22-/m1/s1. The first-order chi connectivity index (χ1) is 15.4. The third-order valence-corrected chi connectivity index (χ3v) is 4.72. The van der Waals surface area contributed by atoms with Crippen molar-refractivity contribution in [1.82, 2.24) is 10.4 Å². The predicted molar refractivity (Wildman–Crippen MR) is 115 cm³/mol. The third kappa shape index (κ3) is 5.12. The van der Waals surface area contributed by atoms with E-state index in [1.54, 1.807) is 34.6 Å². The molecule has 182 valence electrons. The van der Waals surface area contributed by atoms with E-state index in [2.05, 4.69) is 5.43 Å². The molecule has 2 amide bonds. The van der Waals surface area contributed by atoms with E-state index in [1.165, 1.54) is 26.4 Å². The zero-order valence-electron chi connectivity index (χ0n) is 19.9. The van der Waals surface area contributed by atoms with Crippen molar-refractivity contribution >= 4 is 23.9 Å². The summed E-state index contributed by atoms with van der Waals surface area (Å²) in [4.78, 5) is 52.5. The molecule has 0 spiro atoms. The number of carbonyl (C=O) groups is 4. The number of nitrogens with one attached hydrogen (secondary N) is 1. The maximum Gasteiger partial charge on any atom is 0.430 e. The Morgan fingerprint density at radius 2 is 1.61 bits per heavy atom. The van der Waals surface area contributed by atoms with Gasteiger partial charge in [0, 0.05) is 12.0 Å². The molecule has 33 heavy (non-hydrogen) atoms. The Bertz CT molecular complexity index is 939. The Balaban J connectivity index is 2.71. The van der Waals surface area contributed by atoms with E-state index in [0.29, 0.717) is 16.3 Å². The molecular weight excluding hydrogens is 436 g/mol. The molecule has 1 atom stereocenters. The van der Waals surface area contributed by atoms with Gasteiger partial charge in [0.2, 0.25) is 11.3 Å². The van der Waals surface area contributed by atoms with Crippen LogP contribution in [0.5, 0.6) is 11.5 Å². The number of rotatable bonds is 6. The monoisotopic (exact) mass is 466 g/mol. The Labute approximate surface area is 192 Å². The van der Waals surface area contributed by atoms with Crippen LogP contribution in [0.1, 0.15) is 50.5 Å². The topological polar surface area (TPSA) is 130 Å². The summed E-state index contributed by atoms with van der Waals surface area (Å²) >= 11 is 0. The lowest BCUT2D eigenvalue weighted by molar-refractivity contribution is -0.166. The number of amides is 2. The molecule has 0 radical (unpaired) electrons. The fourth-order valence-corrected chi connectivity index (χ4v) is 3.40. The van der Waals surface area contributed by atoms with Crippen LogP contribution in [0.4, 0.5) is 9.59 Å². The largest absolute Gasteiger partial charge is 0.493 e. The van der Waals surface area contributed by atoms with Crippen molar-refractivity contribution in [1.29, 1.82) is 0 Å². The molecule has 0 bridgehead atoms. The van der Waals surface area contributed by atoms with Crippen molar-refractivity contribution in [3.63, 3.8) is 0 Å². The van der Waals surface area contributed by atoms with Crippen LogP contribution in [-0.4, -0.2) is 67.5 Å². The van der Waals surface area contributed by atoms with Gasteiger partial charge in [0.25, 0.3) is 0 Å². The Morgan fingerprint density at radius 3 is 2.12 bits per heavy atom. The molecule has 0 aliphatic heterocycles. The molecule has 1 aromatic carbocycles. The molecule has 0 aromatic heterocycles. The van der Waals surface area contributed by atoms with E-state index in [1.807, 2.05) is 0 Å². The first kappa shape index (κ1) is 25.8. The summed E-state index contributed by atoms with van der Waals surface area (Å²) in [5, 5.41) is 0.545. The number of hydrogen-bond donors (Lipinski definition) is 1. The minimum Gasteiger partial charge on any atom is -0.493 e. The summed E-state index contributed by atoms with van der Waals surface area (Å²) in [5.74, 6) is -1.24. The number of carbonyl (C=O) groups excluding carboxylic acids is 4. The van der Waals surface area contributed by atoms with Crippen molar-refractivity contribution in [2.45, 2.75) is 52.2 Å². The third-order valence-electron chi connectivity index (χ3n) is 4.72. The number of methoxy groups -OCH3 is 2. The number of benzene rings is 1. The molecule has 0 heterocycles. The predicted octanol–water partition coefficient (Wildman–Crippen LogP) is 2.64. The summed E-state index contributed by atoms with van der Waals surface area (Å²) < 4.78 is 26.0. The number of hydrogen-bond acceptors (Lipinski definition) is 9. The first-order valence-corrected chi connectivity index (χ1v) is 10.4. The van der Waals surface area contributed by atoms with Crippen LogP contribution < -0.4 is 14.9 Å². The summed E-state index contributed by atoms with van der Waals surface area (Å²) in [6.07, 6.45) is -2.48. The lowest BCUT2D eigenvalue weighted by Gasteiger charge is -2.37. The van der Waals surface area contributed by atoms with Gasteiger partial charge in [-0.15, -0.1) is 0 Å². The molecule has 1 aliphatic carbocycles. The molecule has 1 N–H and O–H groups in total. The van der Waals surface area contributed by atoms with Gasteiger partial charge in [-0.2, -0.15) is 5.01 Å². The second-order valence-corrected chi connectivity index (χ2v) is 8.10. The molecule has 11 nitrogen and oxygen atoms in total. The summed E-state index contributed by atoms with van der Waals surface area (Å²) in [5.41, 5.74) is -0.597. The Hall–Kier alpha value is -3.50. The molecule has 0 fully saturated rings. The second kappa shape index (κ2) is 9.97. The summed E-state index contributed by atoms with van der Waals surface area (Å²) in [6, 6.07) is 2.95. The van der Waals surface area contributed by atoms with Gasteiger partial charge < -0.3 is 23.7 Å². The molecule has 0 saturated heterocycles. The maximum atomic E-state index is 13.8. The average Bonchev–Trinajstić information content (AvgIpc) is 3.02. The number of ketones is 1. The quantitative estimate of drug-likeness (QED) is 0.291. The van der Waals surface area contributed by atoms with Gasteiger partial charge >= 0.3 is 18.2 Å². The minimum atomic E-state index is -2.29. The number of Topliss-reactive ketones (excluding diaryl/α,β-unsaturated/α-hetero) is 1. The molecule has 2 rings (SSSR count). The van der Waals surface area contributed by atoms with Gasteiger partial charge in [-0.3, -0.25) is 4.79 Å². The van der Waals surface area contributed by atoms with Crippen molar-refractivity contribution in [2.24, 2.45) is 0 Å². The molecule has 1 aliphatic rings. The van der Waals surface area contributed by atoms with Gasteiger partial charge in [-0.05, 0) is 52.3 Å². The van der Waals surface area contributed by atoms with Crippen LogP contribution in [-0.2, 0) is 25.4 Å². The van der Waals surface area contributed by atoms with Crippen LogP contribution in [0.15, 0.2) is 12.1 Å². The highest BCUT2D eigenvalue weighted by Crippen LogP contribution is 2.41. The maximum absolute atomic E-state index is 13.8. The van der Waals surface area contributed by atoms with E-state index >= 15 is 0 Å². The number of fused-ring (bicyclic) bond motifs is 1. The van der Waals surface area contributed by atoms with Gasteiger partial charge in [0.15, 0.2) is 11.5 Å². The highest BCUT2D eigenvalue weighted by molar-refractivity contribution is 6.21. The fourth-order valence-electron chi connectivity index (χ4n) is 3.40. The summed E-state index contributed by atoms with van der Waals surface area (Å²) in [6.45, 7) is 7.87. The van der Waals surface area contributed by atoms with Gasteiger partial charge in [0.1, 0.15) is 5.60 Å². The lowest BCUT2D eigenvalue weighted by Crippen LogP contribution is -2.68. The zero-order chi connectivity index (χ0) is 25.0. The molecule has 0 unspecified atom stereocenters. The highest BCUT2D eigenvalue weighted by atomic mass is 16.6. The molecule has 11 heteroatoms. The van der Waals surface area contributed by atoms with Crippen molar-refractivity contribution in [2.75, 3.05) is 27.4 Å². The SMILES string of the molecule is CCOC(=O)NN(C(=O)OCC)[C@]1(C(=O)OC(C)(C)C)Cc2cc(OC)c(OC)cc2C1=O. The summed E-state index contributed by atoms with van der Waals surface area (Å²) in [7, 11) is 2.83. The Morgan fingerprint density at radius 1 is 1.03 bits per heavy atom. The van der Waals surface area contributed by atoms with Crippen LogP contribution >= 0.6 is 0 Å². The van der Waals surface area contributed by atoms with Crippen LogP contribution in [0.3, 0.4) is 0 Å². The van der Waals surface area contributed by atoms with Gasteiger partial charge in [-0.1, -0.05) is 0 Å². The number of hydrazine groups is 1. The van der Waals surface area contributed by atoms with Crippen LogP contribution in [0, 0.1) is 0 Å². The van der Waals surface area contributed by atoms with Crippen molar-refractivity contribution in [3.8, 4) is 11.5 Å². The van der Waals surface area contributed by atoms with Crippen LogP contribution in [0.25, 0.3) is 0 Å². The van der Waals surface area contributed by atoms with E-state index < -0.39 is 35.1 Å². The smallest absolute Gasteiger partial charge is 0.430 e. The van der Waals surface area contributed by atoms with E-state index in [9.17, 15) is 19.2 Å². The van der Waals surface area contributed by atoms with Crippen molar-refractivity contribution in [3.05, 3.63) is 23.3 Å². The minimum absolute atomic E-state index is 0.00942. The number of ether oxygens (including phenoxy) is 5. The van der Waals surface area contributed by atoms with Gasteiger partial charge in [0.05, 0.1) is 27.4 Å². The number of esters is 1. The lowest BCUT2D eigenvalue weighted by atomic mass is 9.93. The Kier molecular flexibility index (Phi) is 7.78. The van der Waals surface area contributed by atoms with Crippen molar-refractivity contribution < 1.29 is 42.9 Å². The first-order valence-electron chi connectivity index (χ1n) is 10.4. The highest BCUT2D eigenvalue weighted by Gasteiger charge is 2.61. The fraction of sp³-hybridized carbons (Fsp3) is 0.545. The second-order valence-electron chi connectivity index (χ2n) is 8.10. The molecular formula is C22H30N2O9. The van der Waals surface area contributed by atoms with E-state index in [-0.39, 0.29) is 30.9 Å². The number of nitrogens with zero attached hydrogens (tertiary/aromatic N) is 1. The zero-order valence-corrected chi connectivity index (χ0v) is 19.9. The van der Waals surface area contributed by atoms with E-state index in [0.717, 1.165) is 0 Å². The van der Waals surface area contributed by atoms with E-state index in [4.69, 9.17) is 23.7 Å². The molecule has 1 aromatic rings. The van der Waals surface area contributed by atoms with Crippen LogP contribution in [0.2, 0.25) is 0 Å². The van der Waals surface area contributed by atoms with Gasteiger partial charge in [-0.25, -0.2) is 19.8 Å².